The molecule has 1 N–H and O–H groups in total. The second-order valence-corrected chi connectivity index (χ2v) is 7.57. The van der Waals surface area contributed by atoms with Gasteiger partial charge in [0.1, 0.15) is 5.75 Å². The van der Waals surface area contributed by atoms with Gasteiger partial charge in [-0.3, -0.25) is 0 Å². The van der Waals surface area contributed by atoms with E-state index in [1.54, 1.807) is 0 Å². The van der Waals surface area contributed by atoms with Crippen molar-refractivity contribution in [1.29, 1.82) is 0 Å². The van der Waals surface area contributed by atoms with E-state index in [0.717, 1.165) is 11.1 Å². The SMILES string of the molecule is Oc1c(-c2ccccc2)cccc1C1CCCCCCCCCCC1. The maximum absolute atomic E-state index is 11.0. The van der Waals surface area contributed by atoms with Gasteiger partial charge in [-0.15, -0.1) is 0 Å². The monoisotopic (exact) mass is 336 g/mol. The van der Waals surface area contributed by atoms with Crippen molar-refractivity contribution < 1.29 is 5.11 Å². The van der Waals surface area contributed by atoms with Crippen LogP contribution < -0.4 is 0 Å². The number of phenols is 1. The molecule has 3 rings (SSSR count). The molecule has 1 aliphatic carbocycles. The van der Waals surface area contributed by atoms with Gasteiger partial charge < -0.3 is 5.11 Å². The van der Waals surface area contributed by atoms with Crippen molar-refractivity contribution in [2.24, 2.45) is 0 Å². The Bertz CT molecular complexity index is 620. The Labute approximate surface area is 153 Å². The smallest absolute Gasteiger partial charge is 0.126 e. The second kappa shape index (κ2) is 9.65. The number of rotatable bonds is 2. The van der Waals surface area contributed by atoms with Gasteiger partial charge in [-0.05, 0) is 29.9 Å². The molecule has 1 heteroatoms. The summed E-state index contributed by atoms with van der Waals surface area (Å²) in [4.78, 5) is 0. The molecule has 0 saturated heterocycles. The Morgan fingerprint density at radius 3 is 1.76 bits per heavy atom. The van der Waals surface area contributed by atoms with Gasteiger partial charge in [0.2, 0.25) is 0 Å². The molecular formula is C24H32O. The molecule has 0 radical (unpaired) electrons. The fraction of sp³-hybridized carbons (Fsp3) is 0.500. The largest absolute Gasteiger partial charge is 0.507 e. The van der Waals surface area contributed by atoms with E-state index in [9.17, 15) is 5.11 Å². The lowest BCUT2D eigenvalue weighted by Crippen LogP contribution is -2.02. The van der Waals surface area contributed by atoms with Gasteiger partial charge in [0.05, 0.1) is 0 Å². The summed E-state index contributed by atoms with van der Waals surface area (Å²) in [7, 11) is 0. The van der Waals surface area contributed by atoms with Gasteiger partial charge in [0.25, 0.3) is 0 Å². The first kappa shape index (κ1) is 18.0. The minimum Gasteiger partial charge on any atom is -0.507 e. The third-order valence-corrected chi connectivity index (χ3v) is 5.70. The predicted octanol–water partition coefficient (Wildman–Crippen LogP) is 7.45. The molecule has 0 amide bonds. The molecule has 0 bridgehead atoms. The molecule has 0 aromatic heterocycles. The normalized spacial score (nSPS) is 18.2. The number of phenolic OH excluding ortho intramolecular Hbond substituents is 1. The standard InChI is InChI=1S/C24H32O/c25-24-22(18-13-19-23(24)21-16-11-8-12-17-21)20-14-9-6-4-2-1-3-5-7-10-15-20/h8,11-13,16-20,25H,1-7,9-10,14-15H2. The first-order chi connectivity index (χ1) is 12.4. The van der Waals surface area contributed by atoms with Crippen LogP contribution in [0.5, 0.6) is 5.75 Å². The van der Waals surface area contributed by atoms with Crippen LogP contribution in [0, 0.1) is 0 Å². The van der Waals surface area contributed by atoms with Crippen LogP contribution in [0.2, 0.25) is 0 Å². The molecule has 134 valence electrons. The van der Waals surface area contributed by atoms with E-state index in [1.165, 1.54) is 76.2 Å². The van der Waals surface area contributed by atoms with Crippen LogP contribution in [-0.2, 0) is 0 Å². The van der Waals surface area contributed by atoms with Crippen LogP contribution in [-0.4, -0.2) is 5.11 Å². The highest BCUT2D eigenvalue weighted by Crippen LogP contribution is 2.40. The van der Waals surface area contributed by atoms with Crippen LogP contribution in [0.3, 0.4) is 0 Å². The molecule has 25 heavy (non-hydrogen) atoms. The summed E-state index contributed by atoms with van der Waals surface area (Å²) < 4.78 is 0. The molecule has 1 aliphatic rings. The Morgan fingerprint density at radius 2 is 1.16 bits per heavy atom. The quantitative estimate of drug-likeness (QED) is 0.604. The summed E-state index contributed by atoms with van der Waals surface area (Å²) in [5.41, 5.74) is 3.25. The summed E-state index contributed by atoms with van der Waals surface area (Å²) in [6, 6.07) is 16.6. The highest BCUT2D eigenvalue weighted by molar-refractivity contribution is 5.72. The molecular weight excluding hydrogens is 304 g/mol. The van der Waals surface area contributed by atoms with Gasteiger partial charge in [0.15, 0.2) is 0 Å². The highest BCUT2D eigenvalue weighted by Gasteiger charge is 2.18. The molecule has 2 aromatic carbocycles. The number of hydrogen-bond donors (Lipinski definition) is 1. The summed E-state index contributed by atoms with van der Waals surface area (Å²) >= 11 is 0. The van der Waals surface area contributed by atoms with E-state index in [4.69, 9.17) is 0 Å². The van der Waals surface area contributed by atoms with Crippen molar-refractivity contribution in [3.05, 3.63) is 54.1 Å². The Balaban J connectivity index is 1.80. The summed E-state index contributed by atoms with van der Waals surface area (Å²) in [5.74, 6) is 1.01. The molecule has 0 spiro atoms. The van der Waals surface area contributed by atoms with Crippen LogP contribution in [0.1, 0.15) is 82.1 Å². The average Bonchev–Trinajstić information content (AvgIpc) is 2.64. The van der Waals surface area contributed by atoms with Crippen LogP contribution in [0.25, 0.3) is 11.1 Å². The molecule has 0 aliphatic heterocycles. The third kappa shape index (κ3) is 5.11. The van der Waals surface area contributed by atoms with E-state index in [2.05, 4.69) is 24.3 Å². The fourth-order valence-corrected chi connectivity index (χ4v) is 4.22. The highest BCUT2D eigenvalue weighted by atomic mass is 16.3. The molecule has 1 saturated carbocycles. The topological polar surface area (TPSA) is 20.2 Å². The number of aromatic hydroxyl groups is 1. The van der Waals surface area contributed by atoms with Crippen molar-refractivity contribution in [2.45, 2.75) is 76.5 Å². The van der Waals surface area contributed by atoms with E-state index in [1.807, 2.05) is 24.3 Å². The van der Waals surface area contributed by atoms with Gasteiger partial charge in [-0.2, -0.15) is 0 Å². The van der Waals surface area contributed by atoms with E-state index in [0.29, 0.717) is 11.7 Å². The fourth-order valence-electron chi connectivity index (χ4n) is 4.22. The summed E-state index contributed by atoms with van der Waals surface area (Å²) in [6.07, 6.45) is 14.7. The van der Waals surface area contributed by atoms with Gasteiger partial charge in [-0.25, -0.2) is 0 Å². The average molecular weight is 337 g/mol. The molecule has 0 atom stereocenters. The predicted molar refractivity (Wildman–Crippen MR) is 107 cm³/mol. The number of para-hydroxylation sites is 1. The summed E-state index contributed by atoms with van der Waals surface area (Å²) in [5, 5.41) is 11.0. The second-order valence-electron chi connectivity index (χ2n) is 7.57. The lowest BCUT2D eigenvalue weighted by atomic mass is 9.85. The first-order valence-corrected chi connectivity index (χ1v) is 10.2. The van der Waals surface area contributed by atoms with Crippen molar-refractivity contribution in [2.75, 3.05) is 0 Å². The molecule has 1 fully saturated rings. The molecule has 0 heterocycles. The zero-order valence-corrected chi connectivity index (χ0v) is 15.4. The number of benzene rings is 2. The van der Waals surface area contributed by atoms with Crippen molar-refractivity contribution >= 4 is 0 Å². The molecule has 2 aromatic rings. The van der Waals surface area contributed by atoms with E-state index in [-0.39, 0.29) is 0 Å². The maximum atomic E-state index is 11.0. The summed E-state index contributed by atoms with van der Waals surface area (Å²) in [6.45, 7) is 0. The lowest BCUT2D eigenvalue weighted by Gasteiger charge is -2.21. The van der Waals surface area contributed by atoms with Gasteiger partial charge in [0, 0.05) is 5.56 Å². The Hall–Kier alpha value is -1.76. The minimum atomic E-state index is 0.503. The molecule has 1 nitrogen and oxygen atoms in total. The van der Waals surface area contributed by atoms with Gasteiger partial charge >= 0.3 is 0 Å². The van der Waals surface area contributed by atoms with Crippen LogP contribution in [0.4, 0.5) is 0 Å². The third-order valence-electron chi connectivity index (χ3n) is 5.70. The number of hydrogen-bond acceptors (Lipinski definition) is 1. The van der Waals surface area contributed by atoms with Crippen LogP contribution >= 0.6 is 0 Å². The minimum absolute atomic E-state index is 0.503. The van der Waals surface area contributed by atoms with Crippen LogP contribution in [0.15, 0.2) is 48.5 Å². The van der Waals surface area contributed by atoms with Crippen molar-refractivity contribution in [3.63, 3.8) is 0 Å². The van der Waals surface area contributed by atoms with Crippen molar-refractivity contribution in [3.8, 4) is 16.9 Å². The van der Waals surface area contributed by atoms with E-state index < -0.39 is 0 Å². The first-order valence-electron chi connectivity index (χ1n) is 10.2. The lowest BCUT2D eigenvalue weighted by molar-refractivity contribution is 0.434. The Kier molecular flexibility index (Phi) is 6.97. The maximum Gasteiger partial charge on any atom is 0.126 e. The Morgan fingerprint density at radius 1 is 0.600 bits per heavy atom. The zero-order valence-electron chi connectivity index (χ0n) is 15.4. The van der Waals surface area contributed by atoms with Gasteiger partial charge in [-0.1, -0.05) is 106 Å². The zero-order chi connectivity index (χ0) is 17.3. The van der Waals surface area contributed by atoms with E-state index >= 15 is 0 Å². The molecule has 0 unspecified atom stereocenters. The van der Waals surface area contributed by atoms with Crippen molar-refractivity contribution in [1.82, 2.24) is 0 Å².